The number of ether oxygens (including phenoxy) is 4. The number of carbonyl (C=O) groups excluding carboxylic acids is 3. The molecule has 1 saturated heterocycles. The molecule has 1 aliphatic heterocycles. The zero-order chi connectivity index (χ0) is 22.4. The first-order chi connectivity index (χ1) is 15.0. The number of nitrogens with zero attached hydrogens (tertiary/aromatic N) is 3. The molecule has 1 fully saturated rings. The Hall–Kier alpha value is -3.66. The summed E-state index contributed by atoms with van der Waals surface area (Å²) >= 11 is 0. The van der Waals surface area contributed by atoms with Crippen LogP contribution in [0.2, 0.25) is 0 Å². The predicted molar refractivity (Wildman–Crippen MR) is 108 cm³/mol. The van der Waals surface area contributed by atoms with Gasteiger partial charge in [0.2, 0.25) is 0 Å². The van der Waals surface area contributed by atoms with Gasteiger partial charge in [0.25, 0.3) is 11.8 Å². The van der Waals surface area contributed by atoms with Crippen LogP contribution in [0.25, 0.3) is 0 Å². The van der Waals surface area contributed by atoms with E-state index in [2.05, 4.69) is 9.72 Å². The Kier molecular flexibility index (Phi) is 7.03. The SMILES string of the molecule is COCOc1ccc(C(=O)N2CCCN2C(=O)c2ccc(C(=O)OC)cn2)cc1OC. The molecule has 2 heterocycles. The van der Waals surface area contributed by atoms with Crippen LogP contribution in [0.1, 0.15) is 37.6 Å². The molecule has 0 spiro atoms. The molecule has 31 heavy (non-hydrogen) atoms. The lowest BCUT2D eigenvalue weighted by Gasteiger charge is -2.27. The molecule has 10 nitrogen and oxygen atoms in total. The monoisotopic (exact) mass is 429 g/mol. The standard InChI is InChI=1S/C21H23N3O7/c1-28-13-31-17-8-6-14(11-18(17)29-2)19(25)23-9-4-10-24(23)20(26)16-7-5-15(12-22-16)21(27)30-3/h5-8,11-12H,4,9-10,13H2,1-3H3. The number of aromatic nitrogens is 1. The number of rotatable bonds is 7. The molecule has 1 aliphatic rings. The number of hydrazine groups is 1. The fraction of sp³-hybridized carbons (Fsp3) is 0.333. The van der Waals surface area contributed by atoms with E-state index in [-0.39, 0.29) is 24.0 Å². The maximum Gasteiger partial charge on any atom is 0.339 e. The molecule has 164 valence electrons. The highest BCUT2D eigenvalue weighted by Gasteiger charge is 2.33. The lowest BCUT2D eigenvalue weighted by Crippen LogP contribution is -2.45. The fourth-order valence-electron chi connectivity index (χ4n) is 3.12. The average molecular weight is 429 g/mol. The van der Waals surface area contributed by atoms with Crippen molar-refractivity contribution in [1.82, 2.24) is 15.0 Å². The van der Waals surface area contributed by atoms with Gasteiger partial charge in [-0.15, -0.1) is 0 Å². The van der Waals surface area contributed by atoms with E-state index in [0.717, 1.165) is 0 Å². The summed E-state index contributed by atoms with van der Waals surface area (Å²) in [7, 11) is 4.24. The molecule has 0 N–H and O–H groups in total. The zero-order valence-electron chi connectivity index (χ0n) is 17.5. The van der Waals surface area contributed by atoms with Gasteiger partial charge in [-0.25, -0.2) is 14.8 Å². The largest absolute Gasteiger partial charge is 0.493 e. The van der Waals surface area contributed by atoms with Crippen LogP contribution in [0.4, 0.5) is 0 Å². The van der Waals surface area contributed by atoms with Crippen molar-refractivity contribution in [3.63, 3.8) is 0 Å². The Morgan fingerprint density at radius 3 is 2.26 bits per heavy atom. The molecule has 0 atom stereocenters. The molecule has 0 saturated carbocycles. The van der Waals surface area contributed by atoms with Gasteiger partial charge in [0.1, 0.15) is 5.69 Å². The van der Waals surface area contributed by atoms with E-state index in [0.29, 0.717) is 36.6 Å². The van der Waals surface area contributed by atoms with Gasteiger partial charge in [-0.2, -0.15) is 0 Å². The van der Waals surface area contributed by atoms with E-state index in [9.17, 15) is 14.4 Å². The second-order valence-corrected chi connectivity index (χ2v) is 6.55. The van der Waals surface area contributed by atoms with E-state index in [1.165, 1.54) is 49.7 Å². The molecule has 0 radical (unpaired) electrons. The molecule has 0 unspecified atom stereocenters. The van der Waals surface area contributed by atoms with Crippen LogP contribution in [0.15, 0.2) is 36.5 Å². The molecule has 1 aromatic heterocycles. The van der Waals surface area contributed by atoms with Crippen molar-refractivity contribution in [1.29, 1.82) is 0 Å². The van der Waals surface area contributed by atoms with Crippen LogP contribution in [0.3, 0.4) is 0 Å². The van der Waals surface area contributed by atoms with Crippen molar-refractivity contribution in [2.24, 2.45) is 0 Å². The minimum absolute atomic E-state index is 0.0415. The van der Waals surface area contributed by atoms with Crippen LogP contribution in [-0.2, 0) is 9.47 Å². The van der Waals surface area contributed by atoms with Gasteiger partial charge < -0.3 is 18.9 Å². The summed E-state index contributed by atoms with van der Waals surface area (Å²) in [4.78, 5) is 41.6. The van der Waals surface area contributed by atoms with Gasteiger partial charge in [-0.3, -0.25) is 14.6 Å². The summed E-state index contributed by atoms with van der Waals surface area (Å²) in [5.74, 6) is -0.524. The molecular weight excluding hydrogens is 406 g/mol. The van der Waals surface area contributed by atoms with Gasteiger partial charge in [-0.05, 0) is 36.8 Å². The van der Waals surface area contributed by atoms with Crippen molar-refractivity contribution in [2.75, 3.05) is 41.2 Å². The molecular formula is C21H23N3O7. The Labute approximate surface area is 179 Å². The number of methoxy groups -OCH3 is 3. The van der Waals surface area contributed by atoms with Gasteiger partial charge in [0.05, 0.1) is 19.8 Å². The minimum atomic E-state index is -0.545. The molecule has 0 aliphatic carbocycles. The Morgan fingerprint density at radius 2 is 1.65 bits per heavy atom. The molecule has 10 heteroatoms. The predicted octanol–water partition coefficient (Wildman–Crippen LogP) is 1.76. The Balaban J connectivity index is 1.78. The average Bonchev–Trinajstić information content (AvgIpc) is 3.31. The van der Waals surface area contributed by atoms with Crippen molar-refractivity contribution in [3.05, 3.63) is 53.3 Å². The highest BCUT2D eigenvalue weighted by molar-refractivity contribution is 5.99. The van der Waals surface area contributed by atoms with E-state index < -0.39 is 11.9 Å². The summed E-state index contributed by atoms with van der Waals surface area (Å²) in [6, 6.07) is 7.65. The summed E-state index contributed by atoms with van der Waals surface area (Å²) in [6.07, 6.45) is 1.90. The fourth-order valence-corrected chi connectivity index (χ4v) is 3.12. The van der Waals surface area contributed by atoms with Gasteiger partial charge in [0.15, 0.2) is 18.3 Å². The number of hydrogen-bond donors (Lipinski definition) is 0. The number of esters is 1. The third-order valence-corrected chi connectivity index (χ3v) is 4.65. The van der Waals surface area contributed by atoms with E-state index in [4.69, 9.17) is 14.2 Å². The zero-order valence-corrected chi connectivity index (χ0v) is 17.5. The van der Waals surface area contributed by atoms with E-state index in [1.807, 2.05) is 0 Å². The van der Waals surface area contributed by atoms with Crippen molar-refractivity contribution < 1.29 is 33.3 Å². The van der Waals surface area contributed by atoms with E-state index >= 15 is 0 Å². The lowest BCUT2D eigenvalue weighted by molar-refractivity contribution is 0.0182. The van der Waals surface area contributed by atoms with Crippen LogP contribution in [-0.4, -0.2) is 74.0 Å². The normalized spacial score (nSPS) is 13.1. The van der Waals surface area contributed by atoms with Crippen molar-refractivity contribution >= 4 is 17.8 Å². The summed E-state index contributed by atoms with van der Waals surface area (Å²) < 4.78 is 20.2. The summed E-state index contributed by atoms with van der Waals surface area (Å²) in [6.45, 7) is 0.798. The van der Waals surface area contributed by atoms with E-state index in [1.54, 1.807) is 18.2 Å². The highest BCUT2D eigenvalue weighted by Crippen LogP contribution is 2.29. The molecule has 1 aromatic carbocycles. The maximum atomic E-state index is 13.1. The summed E-state index contributed by atoms with van der Waals surface area (Å²) in [5, 5.41) is 2.73. The van der Waals surface area contributed by atoms with Crippen molar-refractivity contribution in [3.8, 4) is 11.5 Å². The van der Waals surface area contributed by atoms with Crippen LogP contribution in [0.5, 0.6) is 11.5 Å². The van der Waals surface area contributed by atoms with Crippen LogP contribution in [0, 0.1) is 0 Å². The maximum absolute atomic E-state index is 13.1. The Bertz CT molecular complexity index is 962. The highest BCUT2D eigenvalue weighted by atomic mass is 16.7. The molecule has 2 aromatic rings. The summed E-state index contributed by atoms with van der Waals surface area (Å²) in [5.41, 5.74) is 0.694. The second kappa shape index (κ2) is 9.90. The quantitative estimate of drug-likeness (QED) is 0.484. The smallest absolute Gasteiger partial charge is 0.339 e. The van der Waals surface area contributed by atoms with Crippen LogP contribution < -0.4 is 9.47 Å². The number of amides is 2. The number of pyridine rings is 1. The van der Waals surface area contributed by atoms with Gasteiger partial charge >= 0.3 is 5.97 Å². The lowest BCUT2D eigenvalue weighted by atomic mass is 10.2. The first kappa shape index (κ1) is 22.0. The van der Waals surface area contributed by atoms with Gasteiger partial charge in [-0.1, -0.05) is 0 Å². The third-order valence-electron chi connectivity index (χ3n) is 4.65. The number of carbonyl (C=O) groups is 3. The second-order valence-electron chi connectivity index (χ2n) is 6.55. The van der Waals surface area contributed by atoms with Crippen LogP contribution >= 0.6 is 0 Å². The van der Waals surface area contributed by atoms with Crippen molar-refractivity contribution in [2.45, 2.75) is 6.42 Å². The Morgan fingerprint density at radius 1 is 0.935 bits per heavy atom. The number of hydrogen-bond acceptors (Lipinski definition) is 8. The molecule has 3 rings (SSSR count). The molecule has 2 amide bonds. The molecule has 0 bridgehead atoms. The van der Waals surface area contributed by atoms with Gasteiger partial charge in [0, 0.05) is 32.0 Å². The first-order valence-electron chi connectivity index (χ1n) is 9.48. The first-order valence-corrected chi connectivity index (χ1v) is 9.48. The minimum Gasteiger partial charge on any atom is -0.493 e. The number of benzene rings is 1. The topological polar surface area (TPSA) is 108 Å². The third kappa shape index (κ3) is 4.75.